The van der Waals surface area contributed by atoms with E-state index in [2.05, 4.69) is 39.5 Å². The third kappa shape index (κ3) is 3.25. The minimum Gasteiger partial charge on any atom is -0.352 e. The van der Waals surface area contributed by atoms with Crippen molar-refractivity contribution in [2.24, 2.45) is 7.05 Å². The average molecular weight is 328 g/mol. The molecule has 1 N–H and O–H groups in total. The molecule has 0 atom stereocenters. The van der Waals surface area contributed by atoms with Crippen LogP contribution in [0.2, 0.25) is 0 Å². The maximum Gasteiger partial charge on any atom is 0.222 e. The van der Waals surface area contributed by atoms with Crippen LogP contribution in [0.1, 0.15) is 55.5 Å². The first-order valence-electron chi connectivity index (χ1n) is 8.91. The number of aromatic nitrogens is 3. The molecule has 5 nitrogen and oxygen atoms in total. The van der Waals surface area contributed by atoms with Crippen molar-refractivity contribution < 1.29 is 4.79 Å². The molecule has 1 aliphatic rings. The van der Waals surface area contributed by atoms with Gasteiger partial charge in [-0.1, -0.05) is 19.3 Å². The van der Waals surface area contributed by atoms with Crippen LogP contribution >= 0.6 is 0 Å². The summed E-state index contributed by atoms with van der Waals surface area (Å²) < 4.78 is 4.13. The summed E-state index contributed by atoms with van der Waals surface area (Å²) in [6.45, 7) is 4.60. The van der Waals surface area contributed by atoms with Gasteiger partial charge in [0.1, 0.15) is 0 Å². The Morgan fingerprint density at radius 2 is 1.88 bits per heavy atom. The highest BCUT2D eigenvalue weighted by Crippen LogP contribution is 2.38. The molecule has 0 unspecified atom stereocenters. The standard InChI is InChI=1S/C19H28N4O/c1-15-17(16(2)22(3)21-15)14-20-18(24)13-19(9-5-4-6-10-19)23-11-7-8-12-23/h7-8,11-12H,4-6,9-10,13-14H2,1-3H3,(H,20,24). The van der Waals surface area contributed by atoms with Gasteiger partial charge in [-0.05, 0) is 38.8 Å². The lowest BCUT2D eigenvalue weighted by Crippen LogP contribution is -2.40. The molecule has 130 valence electrons. The second kappa shape index (κ2) is 6.83. The monoisotopic (exact) mass is 328 g/mol. The van der Waals surface area contributed by atoms with Gasteiger partial charge >= 0.3 is 0 Å². The Labute approximate surface area is 144 Å². The van der Waals surface area contributed by atoms with Crippen LogP contribution in [0, 0.1) is 13.8 Å². The molecule has 24 heavy (non-hydrogen) atoms. The fourth-order valence-corrected chi connectivity index (χ4v) is 4.01. The molecule has 2 aromatic rings. The fraction of sp³-hybridized carbons (Fsp3) is 0.579. The summed E-state index contributed by atoms with van der Waals surface area (Å²) in [5, 5.41) is 7.54. The van der Waals surface area contributed by atoms with Crippen molar-refractivity contribution in [1.29, 1.82) is 0 Å². The predicted molar refractivity (Wildman–Crippen MR) is 94.6 cm³/mol. The molecular formula is C19H28N4O. The van der Waals surface area contributed by atoms with Crippen molar-refractivity contribution >= 4 is 5.91 Å². The van der Waals surface area contributed by atoms with E-state index in [-0.39, 0.29) is 11.4 Å². The van der Waals surface area contributed by atoms with Crippen molar-refractivity contribution in [1.82, 2.24) is 19.7 Å². The minimum absolute atomic E-state index is 0.0507. The Balaban J connectivity index is 1.68. The molecule has 1 amide bonds. The first-order valence-corrected chi connectivity index (χ1v) is 8.91. The zero-order chi connectivity index (χ0) is 17.2. The molecule has 2 aromatic heterocycles. The van der Waals surface area contributed by atoms with Crippen molar-refractivity contribution in [3.05, 3.63) is 41.5 Å². The average Bonchev–Trinajstić information content (AvgIpc) is 3.17. The van der Waals surface area contributed by atoms with Crippen molar-refractivity contribution in [2.75, 3.05) is 0 Å². The number of rotatable bonds is 5. The Morgan fingerprint density at radius 3 is 2.46 bits per heavy atom. The Hall–Kier alpha value is -2.04. The van der Waals surface area contributed by atoms with Gasteiger partial charge in [0.15, 0.2) is 0 Å². The SMILES string of the molecule is Cc1nn(C)c(C)c1CNC(=O)CC1(n2cccc2)CCCCC1. The first kappa shape index (κ1) is 16.8. The van der Waals surface area contributed by atoms with Crippen molar-refractivity contribution in [2.45, 2.75) is 64.5 Å². The van der Waals surface area contributed by atoms with Crippen LogP contribution in [0.3, 0.4) is 0 Å². The number of carbonyl (C=O) groups excluding carboxylic acids is 1. The second-order valence-corrected chi connectivity index (χ2v) is 7.10. The second-order valence-electron chi connectivity index (χ2n) is 7.10. The maximum absolute atomic E-state index is 12.7. The normalized spacial score (nSPS) is 17.0. The van der Waals surface area contributed by atoms with Crippen LogP contribution in [-0.4, -0.2) is 20.3 Å². The van der Waals surface area contributed by atoms with E-state index in [1.54, 1.807) is 0 Å². The number of hydrogen-bond acceptors (Lipinski definition) is 2. The highest BCUT2D eigenvalue weighted by Gasteiger charge is 2.35. The fourth-order valence-electron chi connectivity index (χ4n) is 4.01. The van der Waals surface area contributed by atoms with E-state index < -0.39 is 0 Å². The van der Waals surface area contributed by atoms with Crippen LogP contribution in [0.4, 0.5) is 0 Å². The van der Waals surface area contributed by atoms with Gasteiger partial charge in [-0.2, -0.15) is 5.10 Å². The topological polar surface area (TPSA) is 51.9 Å². The van der Waals surface area contributed by atoms with Crippen LogP contribution < -0.4 is 5.32 Å². The molecule has 0 bridgehead atoms. The van der Waals surface area contributed by atoms with Gasteiger partial charge in [0.2, 0.25) is 5.91 Å². The smallest absolute Gasteiger partial charge is 0.222 e. The molecule has 0 aliphatic heterocycles. The zero-order valence-corrected chi connectivity index (χ0v) is 15.0. The van der Waals surface area contributed by atoms with Crippen molar-refractivity contribution in [3.8, 4) is 0 Å². The molecule has 0 aromatic carbocycles. The Bertz CT molecular complexity index is 693. The largest absolute Gasteiger partial charge is 0.352 e. The van der Waals surface area contributed by atoms with E-state index in [1.165, 1.54) is 19.3 Å². The van der Waals surface area contributed by atoms with E-state index in [0.29, 0.717) is 13.0 Å². The van der Waals surface area contributed by atoms with Gasteiger partial charge < -0.3 is 9.88 Å². The molecule has 0 radical (unpaired) electrons. The summed E-state index contributed by atoms with van der Waals surface area (Å²) in [6, 6.07) is 4.10. The summed E-state index contributed by atoms with van der Waals surface area (Å²) in [6.07, 6.45) is 10.6. The lowest BCUT2D eigenvalue weighted by atomic mass is 9.78. The highest BCUT2D eigenvalue weighted by molar-refractivity contribution is 5.77. The number of nitrogens with zero attached hydrogens (tertiary/aromatic N) is 3. The third-order valence-electron chi connectivity index (χ3n) is 5.55. The first-order chi connectivity index (χ1) is 11.5. The molecular weight excluding hydrogens is 300 g/mol. The van der Waals surface area contributed by atoms with E-state index in [4.69, 9.17) is 0 Å². The van der Waals surface area contributed by atoms with Gasteiger partial charge in [0.25, 0.3) is 0 Å². The Kier molecular flexibility index (Phi) is 4.78. The summed E-state index contributed by atoms with van der Waals surface area (Å²) in [4.78, 5) is 12.7. The summed E-state index contributed by atoms with van der Waals surface area (Å²) >= 11 is 0. The van der Waals surface area contributed by atoms with Crippen LogP contribution in [0.15, 0.2) is 24.5 Å². The minimum atomic E-state index is -0.0507. The maximum atomic E-state index is 12.7. The molecule has 1 saturated carbocycles. The number of aryl methyl sites for hydroxylation is 2. The molecule has 1 fully saturated rings. The molecule has 0 saturated heterocycles. The van der Waals surface area contributed by atoms with E-state index in [0.717, 1.165) is 29.8 Å². The lowest BCUT2D eigenvalue weighted by molar-refractivity contribution is -0.123. The summed E-state index contributed by atoms with van der Waals surface area (Å²) in [5.41, 5.74) is 3.19. The quantitative estimate of drug-likeness (QED) is 0.916. The highest BCUT2D eigenvalue weighted by atomic mass is 16.1. The summed E-state index contributed by atoms with van der Waals surface area (Å²) in [7, 11) is 1.94. The van der Waals surface area contributed by atoms with Crippen LogP contribution in [0.25, 0.3) is 0 Å². The predicted octanol–water partition coefficient (Wildman–Crippen LogP) is 3.20. The van der Waals surface area contributed by atoms with Gasteiger partial charge in [-0.25, -0.2) is 0 Å². The zero-order valence-electron chi connectivity index (χ0n) is 15.0. The molecule has 0 spiro atoms. The molecule has 2 heterocycles. The lowest BCUT2D eigenvalue weighted by Gasteiger charge is -2.38. The van der Waals surface area contributed by atoms with Gasteiger partial charge in [0, 0.05) is 37.2 Å². The van der Waals surface area contributed by atoms with Gasteiger partial charge in [-0.15, -0.1) is 0 Å². The van der Waals surface area contributed by atoms with E-state index in [9.17, 15) is 4.79 Å². The van der Waals surface area contributed by atoms with E-state index >= 15 is 0 Å². The van der Waals surface area contributed by atoms with Gasteiger partial charge in [0.05, 0.1) is 17.7 Å². The third-order valence-corrected chi connectivity index (χ3v) is 5.55. The molecule has 1 aliphatic carbocycles. The summed E-state index contributed by atoms with van der Waals surface area (Å²) in [5.74, 6) is 0.133. The number of nitrogens with one attached hydrogen (secondary N) is 1. The van der Waals surface area contributed by atoms with Crippen LogP contribution in [0.5, 0.6) is 0 Å². The van der Waals surface area contributed by atoms with Crippen molar-refractivity contribution in [3.63, 3.8) is 0 Å². The molecule has 5 heteroatoms. The number of amides is 1. The van der Waals surface area contributed by atoms with E-state index in [1.807, 2.05) is 25.6 Å². The number of carbonyl (C=O) groups is 1. The van der Waals surface area contributed by atoms with Crippen LogP contribution in [-0.2, 0) is 23.9 Å². The van der Waals surface area contributed by atoms with Gasteiger partial charge in [-0.3, -0.25) is 9.48 Å². The number of hydrogen-bond donors (Lipinski definition) is 1. The Morgan fingerprint density at radius 1 is 1.21 bits per heavy atom. The molecule has 3 rings (SSSR count).